The Balaban J connectivity index is 1.38. The van der Waals surface area contributed by atoms with Crippen LogP contribution in [0, 0.1) is 0 Å². The lowest BCUT2D eigenvalue weighted by atomic mass is 10.2. The second-order valence-electron chi connectivity index (χ2n) is 7.22. The average Bonchev–Trinajstić information content (AvgIpc) is 3.35. The fourth-order valence-electron chi connectivity index (χ4n) is 3.36. The molecule has 28 heavy (non-hydrogen) atoms. The summed E-state index contributed by atoms with van der Waals surface area (Å²) < 4.78 is 32.8. The number of aromatic nitrogens is 2. The van der Waals surface area contributed by atoms with Crippen molar-refractivity contribution in [3.05, 3.63) is 17.7 Å². The van der Waals surface area contributed by atoms with Crippen molar-refractivity contribution < 1.29 is 22.7 Å². The molecule has 2 unspecified atom stereocenters. The van der Waals surface area contributed by atoms with Gasteiger partial charge in [-0.2, -0.15) is 0 Å². The van der Waals surface area contributed by atoms with Gasteiger partial charge in [-0.3, -0.25) is 10.1 Å². The lowest BCUT2D eigenvalue weighted by Gasteiger charge is -2.14. The van der Waals surface area contributed by atoms with Gasteiger partial charge in [-0.05, 0) is 32.6 Å². The number of nitrogens with zero attached hydrogens (tertiary/aromatic N) is 2. The molecule has 2 fully saturated rings. The van der Waals surface area contributed by atoms with Crippen molar-refractivity contribution in [2.45, 2.75) is 51.2 Å². The Labute approximate surface area is 164 Å². The van der Waals surface area contributed by atoms with E-state index >= 15 is 0 Å². The number of carbonyl (C=O) groups excluding carboxylic acids is 2. The highest BCUT2D eigenvalue weighted by atomic mass is 32.2. The van der Waals surface area contributed by atoms with Gasteiger partial charge in [-0.1, -0.05) is 6.42 Å². The van der Waals surface area contributed by atoms with Gasteiger partial charge in [0.1, 0.15) is 18.5 Å². The van der Waals surface area contributed by atoms with Crippen LogP contribution in [-0.2, 0) is 19.6 Å². The summed E-state index contributed by atoms with van der Waals surface area (Å²) in [6, 6.07) is -0.790. The van der Waals surface area contributed by atoms with Gasteiger partial charge < -0.3 is 14.6 Å². The molecule has 156 valence electrons. The topological polar surface area (TPSA) is 133 Å². The van der Waals surface area contributed by atoms with Gasteiger partial charge in [-0.25, -0.2) is 22.9 Å². The summed E-state index contributed by atoms with van der Waals surface area (Å²) in [4.78, 5) is 31.4. The van der Waals surface area contributed by atoms with E-state index in [2.05, 4.69) is 20.0 Å². The van der Waals surface area contributed by atoms with Crippen molar-refractivity contribution >= 4 is 22.0 Å². The molecule has 0 bridgehead atoms. The summed E-state index contributed by atoms with van der Waals surface area (Å²) >= 11 is 0. The summed E-state index contributed by atoms with van der Waals surface area (Å²) in [5.74, 6) is 0.449. The van der Waals surface area contributed by atoms with Gasteiger partial charge in [-0.15, -0.1) is 0 Å². The zero-order chi connectivity index (χ0) is 20.1. The lowest BCUT2D eigenvalue weighted by Crippen LogP contribution is -2.30. The minimum Gasteiger partial charge on any atom is -0.370 e. The van der Waals surface area contributed by atoms with E-state index in [0.29, 0.717) is 31.5 Å². The fourth-order valence-corrected chi connectivity index (χ4v) is 4.72. The summed E-state index contributed by atoms with van der Waals surface area (Å²) in [5, 5.41) is 2.21. The first-order valence-corrected chi connectivity index (χ1v) is 11.2. The van der Waals surface area contributed by atoms with E-state index in [1.807, 2.05) is 0 Å². The highest BCUT2D eigenvalue weighted by molar-refractivity contribution is 7.89. The number of nitrogens with one attached hydrogen (secondary N) is 3. The van der Waals surface area contributed by atoms with Crippen LogP contribution >= 0.6 is 0 Å². The molecule has 3 heterocycles. The highest BCUT2D eigenvalue weighted by Gasteiger charge is 2.26. The van der Waals surface area contributed by atoms with Gasteiger partial charge in [0.2, 0.25) is 15.9 Å². The number of aromatic amines is 1. The molecule has 0 aliphatic carbocycles. The Morgan fingerprint density at radius 3 is 2.86 bits per heavy atom. The number of urea groups is 1. The Kier molecular flexibility index (Phi) is 6.68. The molecular formula is C17H27N5O5S. The van der Waals surface area contributed by atoms with E-state index in [1.165, 1.54) is 4.90 Å². The van der Waals surface area contributed by atoms with Gasteiger partial charge in [0.25, 0.3) is 0 Å². The highest BCUT2D eigenvalue weighted by Crippen LogP contribution is 2.27. The number of amides is 3. The number of H-pyrrole nitrogens is 1. The molecule has 0 saturated carbocycles. The van der Waals surface area contributed by atoms with Crippen LogP contribution < -0.4 is 10.0 Å². The van der Waals surface area contributed by atoms with Crippen LogP contribution in [0.15, 0.2) is 6.20 Å². The number of rotatable bonds is 10. The maximum absolute atomic E-state index is 12.3. The number of hydrogen-bond acceptors (Lipinski definition) is 6. The third-order valence-corrected chi connectivity index (χ3v) is 6.42. The monoisotopic (exact) mass is 413 g/mol. The third kappa shape index (κ3) is 5.52. The van der Waals surface area contributed by atoms with E-state index in [1.54, 1.807) is 13.1 Å². The van der Waals surface area contributed by atoms with Crippen LogP contribution in [0.4, 0.5) is 4.79 Å². The Hall–Kier alpha value is -1.98. The molecule has 2 aliphatic rings. The van der Waals surface area contributed by atoms with Crippen molar-refractivity contribution in [3.8, 4) is 0 Å². The molecule has 0 spiro atoms. The number of unbranched alkanes of at least 4 members (excludes halogenated alkanes) is 2. The SMILES string of the molecule is CC(NS(=O)(=O)CCCCCN1CC(=O)NC1=O)c1cnc(C2CCCO2)[nH]1. The standard InChI is InChI=1S/C17H27N5O5S/c1-12(13-10-18-16(19-13)14-6-5-8-27-14)21-28(25,26)9-4-2-3-7-22-11-15(23)20-17(22)24/h10,12,14,21H,2-9,11H2,1H3,(H,18,19)(H,20,23,24). The van der Waals surface area contributed by atoms with Gasteiger partial charge >= 0.3 is 6.03 Å². The number of imidazole rings is 1. The first-order valence-electron chi connectivity index (χ1n) is 9.59. The predicted molar refractivity (Wildman–Crippen MR) is 101 cm³/mol. The molecule has 0 aromatic carbocycles. The average molecular weight is 414 g/mol. The van der Waals surface area contributed by atoms with E-state index in [-0.39, 0.29) is 30.3 Å². The maximum Gasteiger partial charge on any atom is 0.324 e. The maximum atomic E-state index is 12.3. The fraction of sp³-hybridized carbons (Fsp3) is 0.706. The first kappa shape index (κ1) is 20.7. The number of sulfonamides is 1. The molecule has 2 saturated heterocycles. The largest absolute Gasteiger partial charge is 0.370 e. The zero-order valence-corrected chi connectivity index (χ0v) is 16.8. The molecule has 1 aromatic heterocycles. The molecule has 10 nitrogen and oxygen atoms in total. The summed E-state index contributed by atoms with van der Waals surface area (Å²) in [5.41, 5.74) is 0.707. The minimum absolute atomic E-state index is 0.00912. The Morgan fingerprint density at radius 1 is 1.36 bits per heavy atom. The van der Waals surface area contributed by atoms with Crippen molar-refractivity contribution in [2.24, 2.45) is 0 Å². The van der Waals surface area contributed by atoms with Gasteiger partial charge in [0.05, 0.1) is 17.5 Å². The Morgan fingerprint density at radius 2 is 2.18 bits per heavy atom. The number of carbonyl (C=O) groups is 2. The number of imide groups is 1. The second kappa shape index (κ2) is 9.01. The van der Waals surface area contributed by atoms with Gasteiger partial charge in [0, 0.05) is 19.3 Å². The van der Waals surface area contributed by atoms with E-state index < -0.39 is 16.1 Å². The van der Waals surface area contributed by atoms with Crippen LogP contribution in [0.3, 0.4) is 0 Å². The predicted octanol–water partition coefficient (Wildman–Crippen LogP) is 0.964. The van der Waals surface area contributed by atoms with Crippen LogP contribution in [0.2, 0.25) is 0 Å². The smallest absolute Gasteiger partial charge is 0.324 e. The third-order valence-electron chi connectivity index (χ3n) is 4.88. The molecule has 11 heteroatoms. The van der Waals surface area contributed by atoms with Crippen LogP contribution in [-0.4, -0.2) is 60.7 Å². The number of hydrogen-bond donors (Lipinski definition) is 3. The molecule has 2 aliphatic heterocycles. The van der Waals surface area contributed by atoms with E-state index in [9.17, 15) is 18.0 Å². The van der Waals surface area contributed by atoms with Crippen molar-refractivity contribution in [3.63, 3.8) is 0 Å². The molecular weight excluding hydrogens is 386 g/mol. The normalized spacial score (nSPS) is 21.3. The molecule has 3 rings (SSSR count). The first-order chi connectivity index (χ1) is 13.3. The van der Waals surface area contributed by atoms with Gasteiger partial charge in [0.15, 0.2) is 0 Å². The van der Waals surface area contributed by atoms with E-state index in [0.717, 1.165) is 25.3 Å². The molecule has 2 atom stereocenters. The molecule has 1 aromatic rings. The van der Waals surface area contributed by atoms with Crippen molar-refractivity contribution in [2.75, 3.05) is 25.4 Å². The molecule has 3 N–H and O–H groups in total. The summed E-state index contributed by atoms with van der Waals surface area (Å²) in [6.07, 6.45) is 5.31. The van der Waals surface area contributed by atoms with Crippen LogP contribution in [0.1, 0.15) is 62.7 Å². The zero-order valence-electron chi connectivity index (χ0n) is 15.9. The molecule has 3 amide bonds. The van der Waals surface area contributed by atoms with Crippen LogP contribution in [0.5, 0.6) is 0 Å². The summed E-state index contributed by atoms with van der Waals surface area (Å²) in [7, 11) is -3.43. The lowest BCUT2D eigenvalue weighted by molar-refractivity contribution is -0.118. The number of ether oxygens (including phenoxy) is 1. The minimum atomic E-state index is -3.43. The van der Waals surface area contributed by atoms with E-state index in [4.69, 9.17) is 4.74 Å². The Bertz CT molecular complexity index is 803. The quantitative estimate of drug-likeness (QED) is 0.386. The summed E-state index contributed by atoms with van der Waals surface area (Å²) in [6.45, 7) is 3.02. The van der Waals surface area contributed by atoms with Crippen molar-refractivity contribution in [1.29, 1.82) is 0 Å². The van der Waals surface area contributed by atoms with Crippen molar-refractivity contribution in [1.82, 2.24) is 24.9 Å². The molecule has 0 radical (unpaired) electrons. The second-order valence-corrected chi connectivity index (χ2v) is 9.09. The van der Waals surface area contributed by atoms with Crippen LogP contribution in [0.25, 0.3) is 0 Å².